The predicted molar refractivity (Wildman–Crippen MR) is 99.8 cm³/mol. The fraction of sp³-hybridized carbons (Fsp3) is 0.778. The molecule has 0 bridgehead atoms. The van der Waals surface area contributed by atoms with Crippen molar-refractivity contribution in [1.82, 2.24) is 20.0 Å². The highest BCUT2D eigenvalue weighted by Gasteiger charge is 2.30. The van der Waals surface area contributed by atoms with E-state index in [1.807, 2.05) is 28.4 Å². The Kier molecular flexibility index (Phi) is 6.22. The number of aryl methyl sites for hydroxylation is 1. The largest absolute Gasteiger partial charge is 0.337 e. The average molecular weight is 351 g/mol. The van der Waals surface area contributed by atoms with Gasteiger partial charge in [-0.1, -0.05) is 0 Å². The SMILES string of the molecule is CSCCCNC1CCc2c(c(C(=O)N3CCCCC3)nn2C)C1. The van der Waals surface area contributed by atoms with Crippen molar-refractivity contribution in [3.63, 3.8) is 0 Å². The van der Waals surface area contributed by atoms with Crippen molar-refractivity contribution in [3.8, 4) is 0 Å². The number of amides is 1. The molecule has 5 nitrogen and oxygen atoms in total. The van der Waals surface area contributed by atoms with E-state index in [-0.39, 0.29) is 5.91 Å². The number of rotatable bonds is 6. The first-order chi connectivity index (χ1) is 11.7. The minimum Gasteiger partial charge on any atom is -0.337 e. The van der Waals surface area contributed by atoms with Gasteiger partial charge in [-0.15, -0.1) is 0 Å². The third-order valence-electron chi connectivity index (χ3n) is 5.26. The molecular formula is C18H30N4OS. The Balaban J connectivity index is 1.68. The molecule has 1 aromatic rings. The standard InChI is InChI=1S/C18H30N4OS/c1-21-16-8-7-14(19-9-6-12-24-2)13-15(16)17(20-21)18(23)22-10-4-3-5-11-22/h14,19H,3-13H2,1-2H3. The summed E-state index contributed by atoms with van der Waals surface area (Å²) in [5.41, 5.74) is 3.17. The van der Waals surface area contributed by atoms with Gasteiger partial charge in [0.2, 0.25) is 0 Å². The van der Waals surface area contributed by atoms with E-state index in [0.29, 0.717) is 11.7 Å². The second kappa shape index (κ2) is 8.39. The molecule has 1 unspecified atom stereocenters. The summed E-state index contributed by atoms with van der Waals surface area (Å²) in [5, 5.41) is 8.28. The van der Waals surface area contributed by atoms with E-state index < -0.39 is 0 Å². The number of thioether (sulfide) groups is 1. The molecule has 0 spiro atoms. The lowest BCUT2D eigenvalue weighted by molar-refractivity contribution is 0.0716. The Bertz CT molecular complexity index is 566. The number of fused-ring (bicyclic) bond motifs is 1. The fourth-order valence-electron chi connectivity index (χ4n) is 3.90. The second-order valence-corrected chi connectivity index (χ2v) is 7.98. The molecule has 1 amide bonds. The van der Waals surface area contributed by atoms with Gasteiger partial charge >= 0.3 is 0 Å². The Labute approximate surface area is 149 Å². The van der Waals surface area contributed by atoms with Crippen molar-refractivity contribution in [2.45, 2.75) is 51.0 Å². The maximum absolute atomic E-state index is 12.9. The molecule has 134 valence electrons. The highest BCUT2D eigenvalue weighted by atomic mass is 32.2. The molecule has 1 aromatic heterocycles. The van der Waals surface area contributed by atoms with Crippen LogP contribution in [-0.2, 0) is 19.9 Å². The van der Waals surface area contributed by atoms with Gasteiger partial charge in [0.1, 0.15) is 0 Å². The molecule has 1 atom stereocenters. The topological polar surface area (TPSA) is 50.2 Å². The Morgan fingerprint density at radius 1 is 1.33 bits per heavy atom. The van der Waals surface area contributed by atoms with Crippen LogP contribution >= 0.6 is 11.8 Å². The van der Waals surface area contributed by atoms with Crippen LogP contribution in [0.3, 0.4) is 0 Å². The third-order valence-corrected chi connectivity index (χ3v) is 5.96. The highest BCUT2D eigenvalue weighted by molar-refractivity contribution is 7.98. The van der Waals surface area contributed by atoms with Crippen molar-refractivity contribution in [1.29, 1.82) is 0 Å². The Hall–Kier alpha value is -1.01. The second-order valence-electron chi connectivity index (χ2n) is 6.99. The monoisotopic (exact) mass is 350 g/mol. The number of likely N-dealkylation sites (tertiary alicyclic amines) is 1. The van der Waals surface area contributed by atoms with E-state index in [1.54, 1.807) is 0 Å². The van der Waals surface area contributed by atoms with Gasteiger partial charge in [0, 0.05) is 37.4 Å². The normalized spacial score (nSPS) is 20.9. The van der Waals surface area contributed by atoms with Crippen molar-refractivity contribution in [3.05, 3.63) is 17.0 Å². The predicted octanol–water partition coefficient (Wildman–Crippen LogP) is 2.25. The summed E-state index contributed by atoms with van der Waals surface area (Å²) < 4.78 is 1.94. The summed E-state index contributed by atoms with van der Waals surface area (Å²) in [4.78, 5) is 14.9. The number of hydrogen-bond donors (Lipinski definition) is 1. The number of carbonyl (C=O) groups is 1. The van der Waals surface area contributed by atoms with E-state index in [9.17, 15) is 4.79 Å². The molecule has 1 N–H and O–H groups in total. The van der Waals surface area contributed by atoms with Crippen molar-refractivity contribution in [2.75, 3.05) is 31.6 Å². The van der Waals surface area contributed by atoms with Crippen LogP contribution in [0.25, 0.3) is 0 Å². The molecule has 1 saturated heterocycles. The summed E-state index contributed by atoms with van der Waals surface area (Å²) in [7, 11) is 1.98. The zero-order valence-electron chi connectivity index (χ0n) is 15.0. The fourth-order valence-corrected chi connectivity index (χ4v) is 4.34. The molecule has 1 aliphatic heterocycles. The first kappa shape index (κ1) is 17.8. The molecule has 2 heterocycles. The first-order valence-electron chi connectivity index (χ1n) is 9.27. The van der Waals surface area contributed by atoms with Crippen molar-refractivity contribution >= 4 is 17.7 Å². The maximum atomic E-state index is 12.9. The summed E-state index contributed by atoms with van der Waals surface area (Å²) in [6.45, 7) is 2.84. The minimum atomic E-state index is 0.148. The zero-order chi connectivity index (χ0) is 16.9. The van der Waals surface area contributed by atoms with Gasteiger partial charge in [-0.05, 0) is 63.5 Å². The van der Waals surface area contributed by atoms with Gasteiger partial charge in [0.25, 0.3) is 5.91 Å². The summed E-state index contributed by atoms with van der Waals surface area (Å²) in [6, 6.07) is 0.483. The van der Waals surface area contributed by atoms with Gasteiger partial charge in [0.05, 0.1) is 0 Å². The molecule has 1 aliphatic carbocycles. The van der Waals surface area contributed by atoms with Crippen molar-refractivity contribution < 1.29 is 4.79 Å². The number of nitrogens with zero attached hydrogens (tertiary/aromatic N) is 3. The number of carbonyl (C=O) groups excluding carboxylic acids is 1. The summed E-state index contributed by atoms with van der Waals surface area (Å²) in [6.07, 6.45) is 9.96. The molecule has 0 aromatic carbocycles. The van der Waals surface area contributed by atoms with Crippen LogP contribution in [0.1, 0.15) is 53.8 Å². The van der Waals surface area contributed by atoms with Gasteiger partial charge in [0.15, 0.2) is 5.69 Å². The van der Waals surface area contributed by atoms with E-state index in [0.717, 1.165) is 51.7 Å². The average Bonchev–Trinajstić information content (AvgIpc) is 2.95. The summed E-state index contributed by atoms with van der Waals surface area (Å²) in [5.74, 6) is 1.35. The van der Waals surface area contributed by atoms with Gasteiger partial charge in [-0.2, -0.15) is 16.9 Å². The molecular weight excluding hydrogens is 320 g/mol. The summed E-state index contributed by atoms with van der Waals surface area (Å²) >= 11 is 1.90. The van der Waals surface area contributed by atoms with Crippen LogP contribution in [-0.4, -0.2) is 58.3 Å². The van der Waals surface area contributed by atoms with Gasteiger partial charge in [-0.25, -0.2) is 0 Å². The van der Waals surface area contributed by atoms with Crippen LogP contribution in [0.5, 0.6) is 0 Å². The molecule has 24 heavy (non-hydrogen) atoms. The molecule has 3 rings (SSSR count). The first-order valence-corrected chi connectivity index (χ1v) is 10.7. The minimum absolute atomic E-state index is 0.148. The van der Waals surface area contributed by atoms with Crippen molar-refractivity contribution in [2.24, 2.45) is 7.05 Å². The van der Waals surface area contributed by atoms with Crippen LogP contribution in [0.2, 0.25) is 0 Å². The number of nitrogens with one attached hydrogen (secondary N) is 1. The Morgan fingerprint density at radius 2 is 2.12 bits per heavy atom. The highest BCUT2D eigenvalue weighted by Crippen LogP contribution is 2.26. The van der Waals surface area contributed by atoms with E-state index >= 15 is 0 Å². The molecule has 2 aliphatic rings. The Morgan fingerprint density at radius 3 is 2.88 bits per heavy atom. The molecule has 6 heteroatoms. The number of aromatic nitrogens is 2. The quantitative estimate of drug-likeness (QED) is 0.800. The number of piperidine rings is 1. The van der Waals surface area contributed by atoms with Crippen LogP contribution in [0.15, 0.2) is 0 Å². The van der Waals surface area contributed by atoms with Crippen LogP contribution in [0.4, 0.5) is 0 Å². The van der Waals surface area contributed by atoms with Crippen LogP contribution < -0.4 is 5.32 Å². The van der Waals surface area contributed by atoms with E-state index in [2.05, 4.69) is 16.7 Å². The van der Waals surface area contributed by atoms with Gasteiger partial charge in [-0.3, -0.25) is 9.48 Å². The molecule has 1 fully saturated rings. The van der Waals surface area contributed by atoms with E-state index in [4.69, 9.17) is 0 Å². The lowest BCUT2D eigenvalue weighted by Gasteiger charge is -2.27. The maximum Gasteiger partial charge on any atom is 0.274 e. The lowest BCUT2D eigenvalue weighted by atomic mass is 9.91. The molecule has 0 saturated carbocycles. The van der Waals surface area contributed by atoms with Crippen LogP contribution in [0, 0.1) is 0 Å². The lowest BCUT2D eigenvalue weighted by Crippen LogP contribution is -2.38. The smallest absolute Gasteiger partial charge is 0.274 e. The van der Waals surface area contributed by atoms with Gasteiger partial charge < -0.3 is 10.2 Å². The third kappa shape index (κ3) is 3.97. The zero-order valence-corrected chi connectivity index (χ0v) is 15.8. The molecule has 0 radical (unpaired) electrons. The number of hydrogen-bond acceptors (Lipinski definition) is 4. The van der Waals surface area contributed by atoms with E-state index in [1.165, 1.54) is 29.9 Å².